The third-order valence-corrected chi connectivity index (χ3v) is 4.28. The molecule has 2 atom stereocenters. The zero-order valence-corrected chi connectivity index (χ0v) is 10.1. The lowest BCUT2D eigenvalue weighted by Crippen LogP contribution is -2.36. The van der Waals surface area contributed by atoms with Crippen molar-refractivity contribution in [1.82, 2.24) is 5.32 Å². The lowest BCUT2D eigenvalue weighted by atomic mass is 10.0. The molecule has 1 heterocycles. The van der Waals surface area contributed by atoms with E-state index in [1.165, 1.54) is 16.0 Å². The molecule has 0 aliphatic carbocycles. The van der Waals surface area contributed by atoms with Gasteiger partial charge in [0.25, 0.3) is 0 Å². The Balaban J connectivity index is 2.15. The molecule has 1 nitrogen and oxygen atoms in total. The highest BCUT2D eigenvalue weighted by Gasteiger charge is 2.28. The molecule has 0 spiro atoms. The summed E-state index contributed by atoms with van der Waals surface area (Å²) in [5.41, 5.74) is 2.71. The Morgan fingerprint density at radius 3 is 2.87 bits per heavy atom. The predicted octanol–water partition coefficient (Wildman–Crippen LogP) is 2.87. The van der Waals surface area contributed by atoms with Gasteiger partial charge in [0.1, 0.15) is 0 Å². The quantitative estimate of drug-likeness (QED) is 0.785. The Kier molecular flexibility index (Phi) is 3.17. The van der Waals surface area contributed by atoms with Gasteiger partial charge in [0.2, 0.25) is 0 Å². The third kappa shape index (κ3) is 2.11. The van der Waals surface area contributed by atoms with Crippen molar-refractivity contribution in [3.05, 3.63) is 42.0 Å². The number of fused-ring (bicyclic) bond motifs is 1. The summed E-state index contributed by atoms with van der Waals surface area (Å²) in [7, 11) is 2.02. The number of nitrogens with one attached hydrogen (secondary N) is 1. The summed E-state index contributed by atoms with van der Waals surface area (Å²) in [5, 5.41) is 3.96. The van der Waals surface area contributed by atoms with Crippen LogP contribution in [-0.4, -0.2) is 18.3 Å². The molecule has 1 aromatic carbocycles. The molecule has 0 saturated heterocycles. The number of benzene rings is 1. The second-order valence-electron chi connectivity index (χ2n) is 4.08. The lowest BCUT2D eigenvalue weighted by molar-refractivity contribution is 0.608. The van der Waals surface area contributed by atoms with E-state index in [9.17, 15) is 0 Å². The first-order valence-electron chi connectivity index (χ1n) is 5.29. The van der Waals surface area contributed by atoms with E-state index in [1.54, 1.807) is 0 Å². The van der Waals surface area contributed by atoms with Crippen LogP contribution in [0.2, 0.25) is 0 Å². The molecule has 0 bridgehead atoms. The van der Waals surface area contributed by atoms with Crippen molar-refractivity contribution in [3.8, 4) is 0 Å². The van der Waals surface area contributed by atoms with Gasteiger partial charge in [0.05, 0.1) is 0 Å². The second-order valence-corrected chi connectivity index (χ2v) is 5.36. The van der Waals surface area contributed by atoms with Gasteiger partial charge in [0.15, 0.2) is 0 Å². The summed E-state index contributed by atoms with van der Waals surface area (Å²) in [4.78, 5) is 1.43. The smallest absolute Gasteiger partial charge is 0.0398 e. The van der Waals surface area contributed by atoms with Crippen molar-refractivity contribution in [1.29, 1.82) is 0 Å². The van der Waals surface area contributed by atoms with E-state index in [-0.39, 0.29) is 0 Å². The fraction of sp³-hybridized carbons (Fsp3) is 0.385. The molecule has 0 radical (unpaired) electrons. The first-order valence-corrected chi connectivity index (χ1v) is 6.17. The van der Waals surface area contributed by atoms with Crippen LogP contribution in [0.25, 0.3) is 0 Å². The number of hydrogen-bond donors (Lipinski definition) is 1. The number of thioether (sulfide) groups is 1. The Bertz CT molecular complexity index is 348. The van der Waals surface area contributed by atoms with Gasteiger partial charge in [-0.2, -0.15) is 0 Å². The molecule has 2 heteroatoms. The van der Waals surface area contributed by atoms with E-state index in [2.05, 4.69) is 43.1 Å². The maximum atomic E-state index is 4.06. The highest BCUT2D eigenvalue weighted by atomic mass is 32.2. The molecule has 2 unspecified atom stereocenters. The van der Waals surface area contributed by atoms with Gasteiger partial charge in [-0.25, -0.2) is 0 Å². The fourth-order valence-electron chi connectivity index (χ4n) is 2.14. The summed E-state index contributed by atoms with van der Waals surface area (Å²) in [6.45, 7) is 6.16. The Hall–Kier alpha value is -0.730. The largest absolute Gasteiger partial charge is 0.312 e. The maximum absolute atomic E-state index is 4.06. The molecule has 1 aliphatic heterocycles. The summed E-state index contributed by atoms with van der Waals surface area (Å²) >= 11 is 1.97. The minimum Gasteiger partial charge on any atom is -0.312 e. The van der Waals surface area contributed by atoms with Crippen molar-refractivity contribution in [2.24, 2.45) is 0 Å². The molecule has 15 heavy (non-hydrogen) atoms. The summed E-state index contributed by atoms with van der Waals surface area (Å²) in [6, 6.07) is 9.10. The van der Waals surface area contributed by atoms with Crippen LogP contribution in [0, 0.1) is 0 Å². The van der Waals surface area contributed by atoms with Gasteiger partial charge in [-0.1, -0.05) is 30.4 Å². The minimum absolute atomic E-state index is 0.419. The minimum atomic E-state index is 0.419. The van der Waals surface area contributed by atoms with Crippen molar-refractivity contribution in [2.75, 3.05) is 7.05 Å². The highest BCUT2D eigenvalue weighted by molar-refractivity contribution is 8.00. The van der Waals surface area contributed by atoms with Gasteiger partial charge in [-0.15, -0.1) is 11.8 Å². The molecule has 1 aromatic rings. The molecule has 80 valence electrons. The highest BCUT2D eigenvalue weighted by Crippen LogP contribution is 2.39. The fourth-order valence-corrected chi connectivity index (χ4v) is 3.70. The molecule has 1 aliphatic rings. The predicted molar refractivity (Wildman–Crippen MR) is 67.5 cm³/mol. The average molecular weight is 219 g/mol. The molecule has 2 rings (SSSR count). The maximum Gasteiger partial charge on any atom is 0.0398 e. The number of hydrogen-bond acceptors (Lipinski definition) is 2. The van der Waals surface area contributed by atoms with Crippen LogP contribution in [0.3, 0.4) is 0 Å². The first-order chi connectivity index (χ1) is 7.22. The topological polar surface area (TPSA) is 12.0 Å². The third-order valence-electron chi connectivity index (χ3n) is 2.89. The van der Waals surface area contributed by atoms with Crippen LogP contribution in [0.4, 0.5) is 0 Å². The molecular weight excluding hydrogens is 202 g/mol. The number of likely N-dealkylation sites (N-methyl/N-ethyl adjacent to an activating group) is 1. The van der Waals surface area contributed by atoms with E-state index in [0.29, 0.717) is 11.3 Å². The molecule has 0 saturated carbocycles. The molecule has 0 amide bonds. The second kappa shape index (κ2) is 4.42. The normalized spacial score (nSPS) is 21.1. The summed E-state index contributed by atoms with van der Waals surface area (Å²) in [6.07, 6.45) is 1.15. The van der Waals surface area contributed by atoms with Gasteiger partial charge in [-0.3, -0.25) is 0 Å². The first kappa shape index (κ1) is 10.8. The SMILES string of the molecule is C=C(C)C(NC)C1Cc2ccccc2S1. The Labute approximate surface area is 96.0 Å². The molecule has 0 fully saturated rings. The molecule has 1 N–H and O–H groups in total. The molecular formula is C13H17NS. The van der Waals surface area contributed by atoms with E-state index in [4.69, 9.17) is 0 Å². The van der Waals surface area contributed by atoms with E-state index >= 15 is 0 Å². The average Bonchev–Trinajstić information content (AvgIpc) is 2.61. The monoisotopic (exact) mass is 219 g/mol. The Morgan fingerprint density at radius 1 is 1.53 bits per heavy atom. The van der Waals surface area contributed by atoms with E-state index < -0.39 is 0 Å². The number of rotatable bonds is 3. The Morgan fingerprint density at radius 2 is 2.27 bits per heavy atom. The molecule has 0 aromatic heterocycles. The summed E-state index contributed by atoms with van der Waals surface area (Å²) < 4.78 is 0. The van der Waals surface area contributed by atoms with Crippen LogP contribution in [0.15, 0.2) is 41.3 Å². The van der Waals surface area contributed by atoms with Crippen molar-refractivity contribution in [3.63, 3.8) is 0 Å². The lowest BCUT2D eigenvalue weighted by Gasteiger charge is -2.22. The van der Waals surface area contributed by atoms with Crippen LogP contribution >= 0.6 is 11.8 Å². The standard InChI is InChI=1S/C13H17NS/c1-9(2)13(14-3)12-8-10-6-4-5-7-11(10)15-12/h4-7,12-14H,1,8H2,2-3H3. The van der Waals surface area contributed by atoms with Gasteiger partial charge in [0, 0.05) is 16.2 Å². The van der Waals surface area contributed by atoms with Crippen molar-refractivity contribution >= 4 is 11.8 Å². The van der Waals surface area contributed by atoms with E-state index in [1.807, 2.05) is 18.8 Å². The van der Waals surface area contributed by atoms with Gasteiger partial charge < -0.3 is 5.32 Å². The van der Waals surface area contributed by atoms with Gasteiger partial charge >= 0.3 is 0 Å². The van der Waals surface area contributed by atoms with Gasteiger partial charge in [-0.05, 0) is 32.0 Å². The van der Waals surface area contributed by atoms with Crippen molar-refractivity contribution in [2.45, 2.75) is 29.5 Å². The van der Waals surface area contributed by atoms with Crippen LogP contribution in [0.1, 0.15) is 12.5 Å². The van der Waals surface area contributed by atoms with E-state index in [0.717, 1.165) is 6.42 Å². The zero-order chi connectivity index (χ0) is 10.8. The van der Waals surface area contributed by atoms with Crippen LogP contribution < -0.4 is 5.32 Å². The van der Waals surface area contributed by atoms with Crippen LogP contribution in [0.5, 0.6) is 0 Å². The van der Waals surface area contributed by atoms with Crippen molar-refractivity contribution < 1.29 is 0 Å². The summed E-state index contributed by atoms with van der Waals surface area (Å²) in [5.74, 6) is 0. The van der Waals surface area contributed by atoms with Crippen LogP contribution in [-0.2, 0) is 6.42 Å². The zero-order valence-electron chi connectivity index (χ0n) is 9.29.